The zero-order valence-electron chi connectivity index (χ0n) is 15.2. The van der Waals surface area contributed by atoms with E-state index in [0.717, 1.165) is 41.5 Å². The Labute approximate surface area is 160 Å². The highest BCUT2D eigenvalue weighted by atomic mass is 35.5. The predicted molar refractivity (Wildman–Crippen MR) is 109 cm³/mol. The Kier molecular flexibility index (Phi) is 4.62. The molecule has 1 N–H and O–H groups in total. The molecule has 1 saturated heterocycles. The molecule has 1 fully saturated rings. The third-order valence-electron chi connectivity index (χ3n) is 5.64. The minimum absolute atomic E-state index is 0. The number of aromatic amines is 1. The van der Waals surface area contributed by atoms with E-state index >= 15 is 0 Å². The number of hydrogen-bond acceptors (Lipinski definition) is 3. The number of benzene rings is 1. The van der Waals surface area contributed by atoms with Gasteiger partial charge in [-0.2, -0.15) is 0 Å². The van der Waals surface area contributed by atoms with Gasteiger partial charge < -0.3 is 9.88 Å². The predicted octanol–water partition coefficient (Wildman–Crippen LogP) is 4.83. The van der Waals surface area contributed by atoms with Crippen LogP contribution in [0.2, 0.25) is 0 Å². The maximum Gasteiger partial charge on any atom is 0.156 e. The summed E-state index contributed by atoms with van der Waals surface area (Å²) in [6.45, 7) is 4.19. The van der Waals surface area contributed by atoms with E-state index in [1.54, 1.807) is 0 Å². The van der Waals surface area contributed by atoms with Crippen LogP contribution < -0.4 is 4.90 Å². The van der Waals surface area contributed by atoms with E-state index in [-0.39, 0.29) is 12.4 Å². The van der Waals surface area contributed by atoms with Crippen LogP contribution in [0.4, 0.5) is 5.82 Å². The van der Waals surface area contributed by atoms with Crippen LogP contribution in [-0.2, 0) is 12.8 Å². The molecule has 1 aliphatic carbocycles. The number of piperidine rings is 1. The Morgan fingerprint density at radius 1 is 0.923 bits per heavy atom. The van der Waals surface area contributed by atoms with Crippen LogP contribution >= 0.6 is 12.4 Å². The Balaban J connectivity index is 0.00000168. The van der Waals surface area contributed by atoms with E-state index in [1.807, 2.05) is 6.92 Å². The van der Waals surface area contributed by atoms with Crippen molar-refractivity contribution in [3.05, 3.63) is 41.2 Å². The van der Waals surface area contributed by atoms with Crippen molar-refractivity contribution in [3.63, 3.8) is 0 Å². The summed E-state index contributed by atoms with van der Waals surface area (Å²) in [6, 6.07) is 9.09. The van der Waals surface area contributed by atoms with Gasteiger partial charge in [0.15, 0.2) is 5.82 Å². The lowest BCUT2D eigenvalue weighted by Crippen LogP contribution is -2.30. The smallest absolute Gasteiger partial charge is 0.156 e. The number of nitrogens with zero attached hydrogens (tertiary/aromatic N) is 3. The van der Waals surface area contributed by atoms with Gasteiger partial charge in [0.25, 0.3) is 0 Å². The fourth-order valence-corrected chi connectivity index (χ4v) is 4.34. The second kappa shape index (κ2) is 6.92. The monoisotopic (exact) mass is 368 g/mol. The van der Waals surface area contributed by atoms with Gasteiger partial charge in [-0.25, -0.2) is 9.97 Å². The molecule has 1 aliphatic heterocycles. The van der Waals surface area contributed by atoms with Crippen LogP contribution in [0, 0.1) is 6.92 Å². The molecule has 0 bridgehead atoms. The number of aryl methyl sites for hydroxylation is 3. The summed E-state index contributed by atoms with van der Waals surface area (Å²) < 4.78 is 0. The van der Waals surface area contributed by atoms with E-state index in [4.69, 9.17) is 4.98 Å². The SMILES string of the molecule is Cc1nc(N2CCCCC2)c2[nH]c(-c3ccc4c(c3)CCC4)cc2n1.Cl. The number of nitrogens with one attached hydrogen (secondary N) is 1. The minimum Gasteiger partial charge on any atom is -0.355 e. The van der Waals surface area contributed by atoms with Crippen molar-refractivity contribution in [2.75, 3.05) is 18.0 Å². The molecule has 2 aliphatic rings. The van der Waals surface area contributed by atoms with Crippen molar-refractivity contribution in [2.45, 2.75) is 45.4 Å². The summed E-state index contributed by atoms with van der Waals surface area (Å²) in [4.78, 5) is 15.5. The number of rotatable bonds is 2. The molecule has 0 unspecified atom stereocenters. The van der Waals surface area contributed by atoms with E-state index < -0.39 is 0 Å². The second-order valence-corrected chi connectivity index (χ2v) is 7.42. The van der Waals surface area contributed by atoms with Crippen molar-refractivity contribution < 1.29 is 0 Å². The lowest BCUT2D eigenvalue weighted by molar-refractivity contribution is 0.574. The van der Waals surface area contributed by atoms with Gasteiger partial charge in [-0.05, 0) is 74.3 Å². The van der Waals surface area contributed by atoms with Gasteiger partial charge in [0, 0.05) is 18.8 Å². The van der Waals surface area contributed by atoms with E-state index in [2.05, 4.69) is 39.1 Å². The van der Waals surface area contributed by atoms with Crippen molar-refractivity contribution in [1.82, 2.24) is 15.0 Å². The highest BCUT2D eigenvalue weighted by Gasteiger charge is 2.19. The molecule has 26 heavy (non-hydrogen) atoms. The number of aromatic nitrogens is 3. The summed E-state index contributed by atoms with van der Waals surface area (Å²) in [5.74, 6) is 1.93. The molecular formula is C21H25ClN4. The Bertz CT molecular complexity index is 941. The van der Waals surface area contributed by atoms with Gasteiger partial charge in [-0.1, -0.05) is 12.1 Å². The first-order valence-electron chi connectivity index (χ1n) is 9.52. The molecule has 2 aromatic heterocycles. The summed E-state index contributed by atoms with van der Waals surface area (Å²) in [5, 5.41) is 0. The Morgan fingerprint density at radius 2 is 1.73 bits per heavy atom. The standard InChI is InChI=1S/C21H24N4.ClH/c1-14-22-19-13-18(17-9-8-15-6-5-7-16(15)12-17)24-20(19)21(23-14)25-10-3-2-4-11-25;/h8-9,12-13,24H,2-7,10-11H2,1H3;1H. The first-order valence-corrected chi connectivity index (χ1v) is 9.52. The molecule has 3 heterocycles. The molecule has 3 aromatic rings. The molecule has 0 spiro atoms. The maximum absolute atomic E-state index is 4.77. The van der Waals surface area contributed by atoms with Crippen molar-refractivity contribution in [2.24, 2.45) is 0 Å². The van der Waals surface area contributed by atoms with Crippen molar-refractivity contribution in [1.29, 1.82) is 0 Å². The van der Waals surface area contributed by atoms with Crippen LogP contribution in [-0.4, -0.2) is 28.0 Å². The van der Waals surface area contributed by atoms with Gasteiger partial charge in [0.2, 0.25) is 0 Å². The normalized spacial score (nSPS) is 16.6. The van der Waals surface area contributed by atoms with Crippen LogP contribution in [0.25, 0.3) is 22.3 Å². The number of hydrogen-bond donors (Lipinski definition) is 1. The Morgan fingerprint density at radius 3 is 2.58 bits per heavy atom. The lowest BCUT2D eigenvalue weighted by Gasteiger charge is -2.28. The van der Waals surface area contributed by atoms with E-state index in [0.29, 0.717) is 0 Å². The largest absolute Gasteiger partial charge is 0.355 e. The Hall–Kier alpha value is -2.07. The molecule has 0 atom stereocenters. The minimum atomic E-state index is 0. The molecule has 136 valence electrons. The number of anilines is 1. The third kappa shape index (κ3) is 2.96. The highest BCUT2D eigenvalue weighted by molar-refractivity contribution is 5.91. The summed E-state index contributed by atoms with van der Waals surface area (Å²) in [6.07, 6.45) is 7.56. The van der Waals surface area contributed by atoms with Gasteiger partial charge in [0.1, 0.15) is 11.3 Å². The average Bonchev–Trinajstić information content (AvgIpc) is 3.27. The molecule has 4 nitrogen and oxygen atoms in total. The molecule has 1 aromatic carbocycles. The summed E-state index contributed by atoms with van der Waals surface area (Å²) >= 11 is 0. The first-order chi connectivity index (χ1) is 12.3. The van der Waals surface area contributed by atoms with Crippen molar-refractivity contribution >= 4 is 29.3 Å². The topological polar surface area (TPSA) is 44.8 Å². The number of halogens is 1. The molecule has 0 saturated carbocycles. The first kappa shape index (κ1) is 17.3. The third-order valence-corrected chi connectivity index (χ3v) is 5.64. The fraction of sp³-hybridized carbons (Fsp3) is 0.429. The zero-order chi connectivity index (χ0) is 16.8. The summed E-state index contributed by atoms with van der Waals surface area (Å²) in [7, 11) is 0. The second-order valence-electron chi connectivity index (χ2n) is 7.42. The number of H-pyrrole nitrogens is 1. The van der Waals surface area contributed by atoms with Crippen LogP contribution in [0.3, 0.4) is 0 Å². The van der Waals surface area contributed by atoms with E-state index in [1.165, 1.54) is 55.2 Å². The zero-order valence-corrected chi connectivity index (χ0v) is 16.0. The average molecular weight is 369 g/mol. The fourth-order valence-electron chi connectivity index (χ4n) is 4.34. The van der Waals surface area contributed by atoms with E-state index in [9.17, 15) is 0 Å². The molecule has 5 heteroatoms. The molecule has 5 rings (SSSR count). The van der Waals surface area contributed by atoms with Crippen LogP contribution in [0.5, 0.6) is 0 Å². The molecule has 0 amide bonds. The van der Waals surface area contributed by atoms with Gasteiger partial charge in [0.05, 0.1) is 5.52 Å². The van der Waals surface area contributed by atoms with Crippen LogP contribution in [0.1, 0.15) is 42.6 Å². The quantitative estimate of drug-likeness (QED) is 0.704. The van der Waals surface area contributed by atoms with Crippen LogP contribution in [0.15, 0.2) is 24.3 Å². The maximum atomic E-state index is 4.77. The van der Waals surface area contributed by atoms with Gasteiger partial charge in [-0.15, -0.1) is 12.4 Å². The highest BCUT2D eigenvalue weighted by Crippen LogP contribution is 2.32. The molecule has 0 radical (unpaired) electrons. The molecular weight excluding hydrogens is 344 g/mol. The van der Waals surface area contributed by atoms with Crippen molar-refractivity contribution in [3.8, 4) is 11.3 Å². The van der Waals surface area contributed by atoms with Gasteiger partial charge >= 0.3 is 0 Å². The number of fused-ring (bicyclic) bond motifs is 2. The lowest BCUT2D eigenvalue weighted by atomic mass is 10.0. The summed E-state index contributed by atoms with van der Waals surface area (Å²) in [5.41, 5.74) is 7.56. The van der Waals surface area contributed by atoms with Gasteiger partial charge in [-0.3, -0.25) is 0 Å².